The first-order chi connectivity index (χ1) is 19.7. The van der Waals surface area contributed by atoms with Gasteiger partial charge in [-0.05, 0) is 67.2 Å². The van der Waals surface area contributed by atoms with Crippen molar-refractivity contribution in [1.29, 1.82) is 0 Å². The molecule has 0 radical (unpaired) electrons. The molecule has 3 aromatic carbocycles. The molecule has 3 aromatic rings. The molecule has 0 spiro atoms. The maximum Gasteiger partial charge on any atom is 0.246 e. The van der Waals surface area contributed by atoms with Crippen molar-refractivity contribution in [3.05, 3.63) is 96.1 Å². The first kappa shape index (κ1) is 30.6. The highest BCUT2D eigenvalue weighted by molar-refractivity contribution is 6.72. The lowest BCUT2D eigenvalue weighted by atomic mass is 9.95. The molecular weight excluding hydrogens is 535 g/mol. The van der Waals surface area contributed by atoms with Crippen LogP contribution < -0.4 is 4.90 Å². The number of anilines is 2. The molecule has 0 bridgehead atoms. The van der Waals surface area contributed by atoms with E-state index in [1.807, 2.05) is 91.9 Å². The molecule has 0 unspecified atom stereocenters. The molecule has 6 nitrogen and oxygen atoms in total. The van der Waals surface area contributed by atoms with Gasteiger partial charge in [0.15, 0.2) is 0 Å². The summed E-state index contributed by atoms with van der Waals surface area (Å²) in [6, 6.07) is 27.0. The predicted molar refractivity (Wildman–Crippen MR) is 163 cm³/mol. The third-order valence-corrected chi connectivity index (χ3v) is 10.5. The third kappa shape index (κ3) is 7.90. The molecule has 8 heteroatoms. The molecular formula is C33H41FN2O4Si. The lowest BCUT2D eigenvalue weighted by Crippen LogP contribution is -2.40. The zero-order valence-corrected chi connectivity index (χ0v) is 25.2. The number of carbonyl (C=O) groups excluding carboxylic acids is 2. The maximum atomic E-state index is 15.7. The van der Waals surface area contributed by atoms with Gasteiger partial charge in [0.05, 0.1) is 25.2 Å². The zero-order chi connectivity index (χ0) is 29.4. The maximum absolute atomic E-state index is 15.7. The van der Waals surface area contributed by atoms with Gasteiger partial charge in [0.1, 0.15) is 0 Å². The first-order valence-electron chi connectivity index (χ1n) is 14.4. The number of aliphatic hydroxyl groups excluding tert-OH is 1. The van der Waals surface area contributed by atoms with Gasteiger partial charge in [0.2, 0.25) is 20.7 Å². The van der Waals surface area contributed by atoms with Crippen molar-refractivity contribution in [3.63, 3.8) is 0 Å². The van der Waals surface area contributed by atoms with E-state index in [2.05, 4.69) is 0 Å². The number of aliphatic hydroxyl groups is 1. The van der Waals surface area contributed by atoms with E-state index in [0.717, 1.165) is 28.9 Å². The van der Waals surface area contributed by atoms with Gasteiger partial charge in [0.25, 0.3) is 0 Å². The number of aryl methyl sites for hydroxylation is 1. The van der Waals surface area contributed by atoms with Crippen molar-refractivity contribution in [2.45, 2.75) is 63.6 Å². The van der Waals surface area contributed by atoms with Gasteiger partial charge < -0.3 is 18.9 Å². The number of para-hydroxylation sites is 1. The first-order valence-corrected chi connectivity index (χ1v) is 17.3. The van der Waals surface area contributed by atoms with Gasteiger partial charge in [0, 0.05) is 30.0 Å². The van der Waals surface area contributed by atoms with Crippen LogP contribution in [0.1, 0.15) is 30.9 Å². The second-order valence-electron chi connectivity index (χ2n) is 11.4. The summed E-state index contributed by atoms with van der Waals surface area (Å²) in [5.74, 6) is -0.162. The molecule has 218 valence electrons. The average molecular weight is 577 g/mol. The normalized spacial score (nSPS) is 20.5. The molecule has 0 saturated carbocycles. The number of rotatable bonds is 13. The summed E-state index contributed by atoms with van der Waals surface area (Å²) in [7, 11) is -3.15. The summed E-state index contributed by atoms with van der Waals surface area (Å²) in [4.78, 5) is 28.6. The highest BCUT2D eigenvalue weighted by Gasteiger charge is 2.51. The molecule has 1 heterocycles. The van der Waals surface area contributed by atoms with Crippen molar-refractivity contribution in [1.82, 2.24) is 4.90 Å². The van der Waals surface area contributed by atoms with E-state index in [4.69, 9.17) is 4.74 Å². The number of nitrogens with zero attached hydrogens (tertiary/aromatic N) is 2. The number of benzene rings is 3. The van der Waals surface area contributed by atoms with E-state index >= 15 is 4.11 Å². The van der Waals surface area contributed by atoms with Crippen molar-refractivity contribution in [3.8, 4) is 0 Å². The minimum Gasteiger partial charge on any atom is -0.395 e. The lowest BCUT2D eigenvalue weighted by Gasteiger charge is -2.30. The number of ether oxygens (including phenoxy) is 1. The number of hydrogen-bond donors (Lipinski definition) is 1. The van der Waals surface area contributed by atoms with E-state index in [-0.39, 0.29) is 43.0 Å². The van der Waals surface area contributed by atoms with E-state index in [1.165, 1.54) is 0 Å². The molecule has 1 fully saturated rings. The summed E-state index contributed by atoms with van der Waals surface area (Å²) in [5, 5.41) is 9.60. The number of hydrogen-bond acceptors (Lipinski definition) is 4. The smallest absolute Gasteiger partial charge is 0.246 e. The summed E-state index contributed by atoms with van der Waals surface area (Å²) in [5.41, 5.74) is 3.31. The Balaban J connectivity index is 1.45. The fourth-order valence-corrected chi connectivity index (χ4v) is 8.67. The Bertz CT molecular complexity index is 1270. The van der Waals surface area contributed by atoms with E-state index in [9.17, 15) is 14.7 Å². The Morgan fingerprint density at radius 3 is 2.22 bits per heavy atom. The molecule has 1 N–H and O–H groups in total. The van der Waals surface area contributed by atoms with E-state index in [0.29, 0.717) is 19.4 Å². The average Bonchev–Trinajstić information content (AvgIpc) is 3.28. The standard InChI is InChI=1S/C33H41FN2O4Si/c1-25-30(18-17-26-13-10-16-29(21-26)36(24-38)28-14-8-5-9-15-28)40-31(33(25)41(2,3)34)22-32(39)35(19-20-37)23-27-11-6-4-7-12-27/h4-16,21,24-25,30-31,33,37H,17-20,22-23H2,1-3H3/t25-,30+,31-,33+/m1/s1. The lowest BCUT2D eigenvalue weighted by molar-refractivity contribution is -0.135. The molecule has 1 aliphatic rings. The molecule has 2 amide bonds. The zero-order valence-electron chi connectivity index (χ0n) is 24.2. The van der Waals surface area contributed by atoms with Gasteiger partial charge in [-0.25, -0.2) is 0 Å². The Morgan fingerprint density at radius 2 is 1.59 bits per heavy atom. The third-order valence-electron chi connectivity index (χ3n) is 8.06. The van der Waals surface area contributed by atoms with Gasteiger partial charge in [-0.2, -0.15) is 0 Å². The van der Waals surface area contributed by atoms with E-state index in [1.54, 1.807) is 22.9 Å². The predicted octanol–water partition coefficient (Wildman–Crippen LogP) is 6.27. The van der Waals surface area contributed by atoms with E-state index < -0.39 is 14.5 Å². The van der Waals surface area contributed by atoms with Crippen LogP contribution in [0.4, 0.5) is 15.5 Å². The number of carbonyl (C=O) groups is 2. The molecule has 1 saturated heterocycles. The molecule has 4 rings (SSSR count). The number of halogens is 1. The van der Waals surface area contributed by atoms with Crippen LogP contribution in [0.5, 0.6) is 0 Å². The second-order valence-corrected chi connectivity index (χ2v) is 15.2. The van der Waals surface area contributed by atoms with Crippen LogP contribution in [0.3, 0.4) is 0 Å². The van der Waals surface area contributed by atoms with Crippen molar-refractivity contribution in [2.24, 2.45) is 5.92 Å². The van der Waals surface area contributed by atoms with Crippen LogP contribution in [0, 0.1) is 5.92 Å². The molecule has 41 heavy (non-hydrogen) atoms. The van der Waals surface area contributed by atoms with Crippen LogP contribution in [0.25, 0.3) is 0 Å². The fraction of sp³-hybridized carbons (Fsp3) is 0.394. The van der Waals surface area contributed by atoms with Crippen LogP contribution >= 0.6 is 0 Å². The van der Waals surface area contributed by atoms with Crippen LogP contribution in [0.2, 0.25) is 18.6 Å². The summed E-state index contributed by atoms with van der Waals surface area (Å²) in [6.45, 7) is 5.92. The fourth-order valence-electron chi connectivity index (χ4n) is 6.12. The van der Waals surface area contributed by atoms with Gasteiger partial charge in [-0.3, -0.25) is 14.5 Å². The van der Waals surface area contributed by atoms with Crippen LogP contribution in [-0.4, -0.2) is 56.1 Å². The van der Waals surface area contributed by atoms with Crippen molar-refractivity contribution in [2.75, 3.05) is 18.1 Å². The quantitative estimate of drug-likeness (QED) is 0.148. The Kier molecular flexibility index (Phi) is 10.5. The van der Waals surface area contributed by atoms with Gasteiger partial charge in [-0.15, -0.1) is 0 Å². The molecule has 4 atom stereocenters. The molecule has 1 aliphatic heterocycles. The monoisotopic (exact) mass is 576 g/mol. The SMILES string of the molecule is C[C@H]1[C@H]([Si](C)(C)F)[C@@H](CC(=O)N(CCO)Cc2ccccc2)O[C@H]1CCc1cccc(N(C=O)c2ccccc2)c1. The highest BCUT2D eigenvalue weighted by Crippen LogP contribution is 2.47. The number of amides is 2. The van der Waals surface area contributed by atoms with Crippen LogP contribution in [0.15, 0.2) is 84.9 Å². The largest absolute Gasteiger partial charge is 0.395 e. The second kappa shape index (κ2) is 14.0. The van der Waals surface area contributed by atoms with Gasteiger partial charge >= 0.3 is 0 Å². The summed E-state index contributed by atoms with van der Waals surface area (Å²) >= 11 is 0. The van der Waals surface area contributed by atoms with Crippen molar-refractivity contribution < 1.29 is 23.5 Å². The van der Waals surface area contributed by atoms with Gasteiger partial charge in [-0.1, -0.05) is 67.6 Å². The summed E-state index contributed by atoms with van der Waals surface area (Å²) < 4.78 is 22.1. The van der Waals surface area contributed by atoms with Crippen LogP contribution in [-0.2, 0) is 27.3 Å². The Labute approximate surface area is 243 Å². The Morgan fingerprint density at radius 1 is 0.951 bits per heavy atom. The minimum atomic E-state index is -3.15. The van der Waals surface area contributed by atoms with Crippen molar-refractivity contribution >= 4 is 32.1 Å². The minimum absolute atomic E-state index is 0.0288. The molecule has 0 aromatic heterocycles. The topological polar surface area (TPSA) is 70.1 Å². The molecule has 0 aliphatic carbocycles. The highest BCUT2D eigenvalue weighted by atomic mass is 28.4. The summed E-state index contributed by atoms with van der Waals surface area (Å²) in [6.07, 6.45) is 1.62. The Hall–Kier alpha value is -3.33.